The summed E-state index contributed by atoms with van der Waals surface area (Å²) in [6.45, 7) is 1.65. The van der Waals surface area contributed by atoms with Gasteiger partial charge < -0.3 is 15.4 Å². The molecule has 0 radical (unpaired) electrons. The van der Waals surface area contributed by atoms with Crippen molar-refractivity contribution in [3.8, 4) is 0 Å². The molecule has 0 atom stereocenters. The number of anilines is 1. The van der Waals surface area contributed by atoms with E-state index in [-0.39, 0.29) is 24.0 Å². The number of thiocarbonyl (C=S) groups is 1. The van der Waals surface area contributed by atoms with Crippen molar-refractivity contribution in [3.63, 3.8) is 0 Å². The van der Waals surface area contributed by atoms with Gasteiger partial charge in [0.15, 0.2) is 5.11 Å². The van der Waals surface area contributed by atoms with Crippen LogP contribution in [0.2, 0.25) is 0 Å². The van der Waals surface area contributed by atoms with Crippen molar-refractivity contribution in [1.82, 2.24) is 5.32 Å². The molecule has 0 amide bonds. The second kappa shape index (κ2) is 7.09. The normalized spacial score (nSPS) is 10.8. The van der Waals surface area contributed by atoms with Gasteiger partial charge in [-0.15, -0.1) is 0 Å². The fourth-order valence-corrected chi connectivity index (χ4v) is 1.55. The Hall–Kier alpha value is -1.83. The predicted octanol–water partition coefficient (Wildman–Crippen LogP) is 2.55. The van der Waals surface area contributed by atoms with E-state index in [9.17, 15) is 18.0 Å². The molecule has 0 aromatic heterocycles. The van der Waals surface area contributed by atoms with Gasteiger partial charge in [0.25, 0.3) is 0 Å². The highest BCUT2D eigenvalue weighted by molar-refractivity contribution is 7.80. The van der Waals surface area contributed by atoms with Gasteiger partial charge in [0.2, 0.25) is 0 Å². The number of carbonyl (C=O) groups excluding carboxylic acids is 1. The Morgan fingerprint density at radius 3 is 2.60 bits per heavy atom. The lowest BCUT2D eigenvalue weighted by Gasteiger charge is -2.15. The van der Waals surface area contributed by atoms with Crippen molar-refractivity contribution in [1.29, 1.82) is 0 Å². The van der Waals surface area contributed by atoms with Crippen molar-refractivity contribution in [2.24, 2.45) is 0 Å². The number of hydrogen-bond acceptors (Lipinski definition) is 3. The first-order chi connectivity index (χ1) is 9.34. The summed E-state index contributed by atoms with van der Waals surface area (Å²) in [5.74, 6) is -0.541. The van der Waals surface area contributed by atoms with E-state index in [1.54, 1.807) is 6.92 Å². The molecule has 0 heterocycles. The second-order valence-corrected chi connectivity index (χ2v) is 4.06. The average molecular weight is 306 g/mol. The zero-order chi connectivity index (χ0) is 15.2. The fourth-order valence-electron chi connectivity index (χ4n) is 1.37. The van der Waals surface area contributed by atoms with E-state index < -0.39 is 17.7 Å². The first kappa shape index (κ1) is 16.2. The van der Waals surface area contributed by atoms with Gasteiger partial charge >= 0.3 is 12.1 Å². The monoisotopic (exact) mass is 306 g/mol. The highest BCUT2D eigenvalue weighted by Crippen LogP contribution is 2.34. The largest absolute Gasteiger partial charge is 0.465 e. The summed E-state index contributed by atoms with van der Waals surface area (Å²) in [6.07, 6.45) is -4.49. The smallest absolute Gasteiger partial charge is 0.418 e. The summed E-state index contributed by atoms with van der Waals surface area (Å²) in [7, 11) is 0. The van der Waals surface area contributed by atoms with E-state index in [0.29, 0.717) is 0 Å². The third kappa shape index (κ3) is 5.04. The van der Waals surface area contributed by atoms with E-state index >= 15 is 0 Å². The van der Waals surface area contributed by atoms with Gasteiger partial charge in [-0.3, -0.25) is 4.79 Å². The fraction of sp³-hybridized carbons (Fsp3) is 0.333. The van der Waals surface area contributed by atoms with Gasteiger partial charge in [-0.25, -0.2) is 0 Å². The zero-order valence-electron chi connectivity index (χ0n) is 10.6. The standard InChI is InChI=1S/C12H13F3N2O2S/c1-2-19-10(18)7-16-11(20)17-9-6-4-3-5-8(9)12(13,14)15/h3-6H,2,7H2,1H3,(H2,16,17,20). The molecule has 0 aliphatic rings. The van der Waals surface area contributed by atoms with Crippen LogP contribution in [0.5, 0.6) is 0 Å². The molecule has 20 heavy (non-hydrogen) atoms. The maximum Gasteiger partial charge on any atom is 0.418 e. The van der Waals surface area contributed by atoms with Crippen molar-refractivity contribution in [3.05, 3.63) is 29.8 Å². The lowest BCUT2D eigenvalue weighted by atomic mass is 10.2. The van der Waals surface area contributed by atoms with Crippen LogP contribution in [-0.2, 0) is 15.7 Å². The van der Waals surface area contributed by atoms with Gasteiger partial charge in [-0.2, -0.15) is 13.2 Å². The molecule has 2 N–H and O–H groups in total. The SMILES string of the molecule is CCOC(=O)CNC(=S)Nc1ccccc1C(F)(F)F. The summed E-state index contributed by atoms with van der Waals surface area (Å²) in [4.78, 5) is 11.1. The number of alkyl halides is 3. The van der Waals surface area contributed by atoms with E-state index in [1.807, 2.05) is 0 Å². The lowest BCUT2D eigenvalue weighted by Crippen LogP contribution is -2.34. The van der Waals surface area contributed by atoms with Gasteiger partial charge in [0.05, 0.1) is 17.9 Å². The van der Waals surface area contributed by atoms with Gasteiger partial charge in [-0.1, -0.05) is 12.1 Å². The summed E-state index contributed by atoms with van der Waals surface area (Å²) in [5, 5.41) is 4.79. The van der Waals surface area contributed by atoms with Crippen LogP contribution in [0.4, 0.5) is 18.9 Å². The number of nitrogens with one attached hydrogen (secondary N) is 2. The molecular weight excluding hydrogens is 293 g/mol. The van der Waals surface area contributed by atoms with Crippen molar-refractivity contribution in [2.75, 3.05) is 18.5 Å². The van der Waals surface area contributed by atoms with Gasteiger partial charge in [0.1, 0.15) is 6.54 Å². The van der Waals surface area contributed by atoms with Crippen LogP contribution in [0.25, 0.3) is 0 Å². The molecule has 0 aliphatic heterocycles. The van der Waals surface area contributed by atoms with Crippen LogP contribution in [0.15, 0.2) is 24.3 Å². The Bertz CT molecular complexity index is 492. The number of hydrogen-bond donors (Lipinski definition) is 2. The molecule has 0 unspecified atom stereocenters. The number of halogens is 3. The molecule has 1 rings (SSSR count). The first-order valence-corrected chi connectivity index (χ1v) is 6.12. The number of carbonyl (C=O) groups is 1. The number of benzene rings is 1. The average Bonchev–Trinajstić information content (AvgIpc) is 2.36. The predicted molar refractivity (Wildman–Crippen MR) is 72.3 cm³/mol. The highest BCUT2D eigenvalue weighted by atomic mass is 32.1. The molecular formula is C12H13F3N2O2S. The van der Waals surface area contributed by atoms with E-state index in [2.05, 4.69) is 15.4 Å². The first-order valence-electron chi connectivity index (χ1n) is 5.71. The Balaban J connectivity index is 2.65. The Labute approximate surface area is 119 Å². The molecule has 1 aromatic rings. The summed E-state index contributed by atoms with van der Waals surface area (Å²) >= 11 is 4.82. The van der Waals surface area contributed by atoms with Crippen molar-refractivity contribution < 1.29 is 22.7 Å². The molecule has 0 aliphatic carbocycles. The molecule has 110 valence electrons. The molecule has 0 bridgehead atoms. The third-order valence-corrected chi connectivity index (χ3v) is 2.43. The molecule has 0 fully saturated rings. The molecule has 8 heteroatoms. The molecule has 0 spiro atoms. The number of para-hydroxylation sites is 1. The Kier molecular flexibility index (Phi) is 5.75. The van der Waals surface area contributed by atoms with E-state index in [1.165, 1.54) is 18.2 Å². The van der Waals surface area contributed by atoms with Gasteiger partial charge in [0, 0.05) is 0 Å². The maximum absolute atomic E-state index is 12.7. The minimum atomic E-state index is -4.49. The summed E-state index contributed by atoms with van der Waals surface area (Å²) < 4.78 is 42.9. The second-order valence-electron chi connectivity index (χ2n) is 3.66. The van der Waals surface area contributed by atoms with Gasteiger partial charge in [-0.05, 0) is 31.3 Å². The maximum atomic E-state index is 12.7. The van der Waals surface area contributed by atoms with Crippen LogP contribution < -0.4 is 10.6 Å². The van der Waals surface area contributed by atoms with Crippen LogP contribution in [0, 0.1) is 0 Å². The quantitative estimate of drug-likeness (QED) is 0.661. The van der Waals surface area contributed by atoms with Crippen LogP contribution >= 0.6 is 12.2 Å². The third-order valence-electron chi connectivity index (χ3n) is 2.18. The minimum Gasteiger partial charge on any atom is -0.465 e. The van der Waals surface area contributed by atoms with E-state index in [4.69, 9.17) is 12.2 Å². The highest BCUT2D eigenvalue weighted by Gasteiger charge is 2.33. The molecule has 1 aromatic carbocycles. The Morgan fingerprint density at radius 1 is 1.35 bits per heavy atom. The lowest BCUT2D eigenvalue weighted by molar-refractivity contribution is -0.141. The molecule has 0 saturated heterocycles. The molecule has 0 saturated carbocycles. The number of ether oxygens (including phenoxy) is 1. The number of esters is 1. The van der Waals surface area contributed by atoms with E-state index in [0.717, 1.165) is 6.07 Å². The summed E-state index contributed by atoms with van der Waals surface area (Å²) in [6, 6.07) is 4.92. The Morgan fingerprint density at radius 2 is 2.00 bits per heavy atom. The van der Waals surface area contributed by atoms with Crippen molar-refractivity contribution in [2.45, 2.75) is 13.1 Å². The van der Waals surface area contributed by atoms with Crippen molar-refractivity contribution >= 4 is 29.0 Å². The molecule has 4 nitrogen and oxygen atoms in total. The summed E-state index contributed by atoms with van der Waals surface area (Å²) in [5.41, 5.74) is -1.01. The van der Waals surface area contributed by atoms with Crippen LogP contribution in [0.1, 0.15) is 12.5 Å². The van der Waals surface area contributed by atoms with Crippen LogP contribution in [0.3, 0.4) is 0 Å². The minimum absolute atomic E-state index is 0.0882. The zero-order valence-corrected chi connectivity index (χ0v) is 11.4. The number of rotatable bonds is 4. The topological polar surface area (TPSA) is 50.4 Å². The van der Waals surface area contributed by atoms with Crippen LogP contribution in [-0.4, -0.2) is 24.2 Å².